The summed E-state index contributed by atoms with van der Waals surface area (Å²) >= 11 is 17.8. The SMILES string of the molecule is Cc1ccc(Cl)c(Sc2cc(C(F)(F)Cl)[nH]c(=O)c2O)c1Cl. The fourth-order valence-corrected chi connectivity index (χ4v) is 3.30. The number of hydrogen-bond acceptors (Lipinski definition) is 3. The molecule has 0 atom stereocenters. The lowest BCUT2D eigenvalue weighted by atomic mass is 10.2. The number of rotatable bonds is 3. The Balaban J connectivity index is 2.58. The van der Waals surface area contributed by atoms with Crippen molar-refractivity contribution < 1.29 is 13.9 Å². The first-order chi connectivity index (χ1) is 10.1. The Morgan fingerprint density at radius 3 is 2.55 bits per heavy atom. The molecule has 0 spiro atoms. The molecule has 1 aromatic carbocycles. The molecule has 0 aliphatic carbocycles. The van der Waals surface area contributed by atoms with Crippen LogP contribution in [0.3, 0.4) is 0 Å². The predicted molar refractivity (Wildman–Crippen MR) is 83.8 cm³/mol. The summed E-state index contributed by atoms with van der Waals surface area (Å²) in [7, 11) is 0. The average molecular weight is 387 g/mol. The predicted octanol–water partition coefficient (Wildman–Crippen LogP) is 5.14. The van der Waals surface area contributed by atoms with Crippen LogP contribution >= 0.6 is 46.6 Å². The third-order valence-electron chi connectivity index (χ3n) is 2.73. The molecule has 0 fully saturated rings. The lowest BCUT2D eigenvalue weighted by molar-refractivity contribution is 0.0892. The van der Waals surface area contributed by atoms with Crippen molar-refractivity contribution in [1.82, 2.24) is 4.98 Å². The molecule has 0 saturated heterocycles. The lowest BCUT2D eigenvalue weighted by Gasteiger charge is -2.13. The van der Waals surface area contributed by atoms with Gasteiger partial charge >= 0.3 is 5.38 Å². The molecule has 2 N–H and O–H groups in total. The van der Waals surface area contributed by atoms with Crippen LogP contribution in [0.1, 0.15) is 11.3 Å². The Morgan fingerprint density at radius 2 is 1.95 bits per heavy atom. The van der Waals surface area contributed by atoms with E-state index >= 15 is 0 Å². The number of alkyl halides is 3. The number of aromatic amines is 1. The molecule has 0 aliphatic rings. The van der Waals surface area contributed by atoms with Gasteiger partial charge in [0.05, 0.1) is 14.9 Å². The van der Waals surface area contributed by atoms with Gasteiger partial charge < -0.3 is 10.1 Å². The molecule has 0 aliphatic heterocycles. The molecule has 0 bridgehead atoms. The van der Waals surface area contributed by atoms with Gasteiger partial charge in [0, 0.05) is 4.90 Å². The van der Waals surface area contributed by atoms with Crippen molar-refractivity contribution in [1.29, 1.82) is 0 Å². The van der Waals surface area contributed by atoms with Crippen LogP contribution < -0.4 is 5.56 Å². The molecule has 1 heterocycles. The summed E-state index contributed by atoms with van der Waals surface area (Å²) < 4.78 is 26.3. The van der Waals surface area contributed by atoms with E-state index in [2.05, 4.69) is 0 Å². The largest absolute Gasteiger partial charge is 0.502 e. The van der Waals surface area contributed by atoms with Gasteiger partial charge in [-0.1, -0.05) is 41.0 Å². The Bertz CT molecular complexity index is 790. The van der Waals surface area contributed by atoms with E-state index in [0.717, 1.165) is 17.8 Å². The molecular formula is C13H8Cl3F2NO2S. The first-order valence-electron chi connectivity index (χ1n) is 5.77. The highest BCUT2D eigenvalue weighted by molar-refractivity contribution is 7.99. The van der Waals surface area contributed by atoms with Gasteiger partial charge in [-0.3, -0.25) is 4.79 Å². The molecule has 0 amide bonds. The van der Waals surface area contributed by atoms with E-state index in [1.165, 1.54) is 0 Å². The summed E-state index contributed by atoms with van der Waals surface area (Å²) in [5.74, 6) is -0.719. The summed E-state index contributed by atoms with van der Waals surface area (Å²) in [6.07, 6.45) is 0. The molecule has 22 heavy (non-hydrogen) atoms. The minimum absolute atomic E-state index is 0.131. The zero-order valence-corrected chi connectivity index (χ0v) is 14.0. The molecule has 2 rings (SSSR count). The van der Waals surface area contributed by atoms with Crippen molar-refractivity contribution in [3.8, 4) is 5.75 Å². The highest BCUT2D eigenvalue weighted by Gasteiger charge is 2.31. The Labute approximate surface area is 143 Å². The Morgan fingerprint density at radius 1 is 1.32 bits per heavy atom. The van der Waals surface area contributed by atoms with Crippen LogP contribution in [0.2, 0.25) is 10.0 Å². The minimum atomic E-state index is -3.78. The van der Waals surface area contributed by atoms with Crippen molar-refractivity contribution >= 4 is 46.6 Å². The van der Waals surface area contributed by atoms with E-state index in [0.29, 0.717) is 15.5 Å². The van der Waals surface area contributed by atoms with Crippen molar-refractivity contribution in [2.45, 2.75) is 22.1 Å². The molecule has 0 unspecified atom stereocenters. The van der Waals surface area contributed by atoms with Crippen LogP contribution in [-0.4, -0.2) is 10.1 Å². The van der Waals surface area contributed by atoms with Gasteiger partial charge in [0.15, 0.2) is 5.75 Å². The highest BCUT2D eigenvalue weighted by atomic mass is 35.5. The highest BCUT2D eigenvalue weighted by Crippen LogP contribution is 2.43. The van der Waals surface area contributed by atoms with E-state index in [-0.39, 0.29) is 9.92 Å². The number of hydrogen-bond donors (Lipinski definition) is 2. The summed E-state index contributed by atoms with van der Waals surface area (Å²) in [4.78, 5) is 13.6. The summed E-state index contributed by atoms with van der Waals surface area (Å²) in [6.45, 7) is 1.73. The molecule has 9 heteroatoms. The molecule has 2 aromatic rings. The first kappa shape index (κ1) is 17.4. The van der Waals surface area contributed by atoms with Crippen LogP contribution in [-0.2, 0) is 5.38 Å². The average Bonchev–Trinajstić information content (AvgIpc) is 2.42. The van der Waals surface area contributed by atoms with E-state index in [1.807, 2.05) is 4.98 Å². The fraction of sp³-hybridized carbons (Fsp3) is 0.154. The number of nitrogens with one attached hydrogen (secondary N) is 1. The van der Waals surface area contributed by atoms with Crippen LogP contribution in [0.4, 0.5) is 8.78 Å². The summed E-state index contributed by atoms with van der Waals surface area (Å²) in [5.41, 5.74) is -1.21. The third kappa shape index (κ3) is 3.51. The normalized spacial score (nSPS) is 11.7. The van der Waals surface area contributed by atoms with Crippen LogP contribution in [0.5, 0.6) is 5.75 Å². The van der Waals surface area contributed by atoms with Crippen LogP contribution in [0.25, 0.3) is 0 Å². The Kier molecular flexibility index (Phi) is 4.96. The van der Waals surface area contributed by atoms with E-state index in [1.54, 1.807) is 19.1 Å². The maximum atomic E-state index is 13.2. The number of H-pyrrole nitrogens is 1. The summed E-state index contributed by atoms with van der Waals surface area (Å²) in [5, 5.41) is 6.55. The zero-order valence-electron chi connectivity index (χ0n) is 10.9. The van der Waals surface area contributed by atoms with Gasteiger partial charge in [0.1, 0.15) is 5.69 Å². The molecule has 3 nitrogen and oxygen atoms in total. The minimum Gasteiger partial charge on any atom is -0.502 e. The number of benzene rings is 1. The number of aromatic nitrogens is 1. The monoisotopic (exact) mass is 385 g/mol. The second-order valence-electron chi connectivity index (χ2n) is 4.33. The third-order valence-corrected chi connectivity index (χ3v) is 5.12. The smallest absolute Gasteiger partial charge is 0.362 e. The van der Waals surface area contributed by atoms with Crippen molar-refractivity contribution in [2.24, 2.45) is 0 Å². The Hall–Kier alpha value is -0.950. The standard InChI is InChI=1S/C13H8Cl3F2NO2S/c1-5-2-3-6(14)11(9(5)15)22-7-4-8(13(16,17)18)19-12(21)10(7)20/h2-4,20H,1H3,(H,19,21). The molecule has 118 valence electrons. The van der Waals surface area contributed by atoms with Crippen molar-refractivity contribution in [3.63, 3.8) is 0 Å². The number of aromatic hydroxyl groups is 1. The van der Waals surface area contributed by atoms with Gasteiger partial charge in [-0.25, -0.2) is 0 Å². The number of pyridine rings is 1. The molecule has 0 radical (unpaired) electrons. The topological polar surface area (TPSA) is 53.1 Å². The van der Waals surface area contributed by atoms with Gasteiger partial charge in [0.25, 0.3) is 5.56 Å². The lowest BCUT2D eigenvalue weighted by Crippen LogP contribution is -2.15. The fourth-order valence-electron chi connectivity index (χ4n) is 1.59. The van der Waals surface area contributed by atoms with E-state index in [9.17, 15) is 18.7 Å². The van der Waals surface area contributed by atoms with Crippen molar-refractivity contribution in [2.75, 3.05) is 0 Å². The zero-order chi connectivity index (χ0) is 16.7. The van der Waals surface area contributed by atoms with Crippen LogP contribution in [0.15, 0.2) is 32.8 Å². The van der Waals surface area contributed by atoms with E-state index in [4.69, 9.17) is 34.8 Å². The first-order valence-corrected chi connectivity index (χ1v) is 7.72. The summed E-state index contributed by atoms with van der Waals surface area (Å²) in [6, 6.07) is 4.14. The van der Waals surface area contributed by atoms with E-state index < -0.39 is 22.4 Å². The van der Waals surface area contributed by atoms with Crippen molar-refractivity contribution in [3.05, 3.63) is 49.9 Å². The number of aryl methyl sites for hydroxylation is 1. The maximum Gasteiger partial charge on any atom is 0.362 e. The van der Waals surface area contributed by atoms with Gasteiger partial charge in [0.2, 0.25) is 0 Å². The molecule has 0 saturated carbocycles. The second-order valence-corrected chi connectivity index (χ2v) is 6.64. The van der Waals surface area contributed by atoms with Gasteiger partial charge in [-0.15, -0.1) is 0 Å². The molecule has 1 aromatic heterocycles. The number of halogens is 5. The van der Waals surface area contributed by atoms with Gasteiger partial charge in [-0.05, 0) is 36.2 Å². The second kappa shape index (κ2) is 6.28. The quantitative estimate of drug-likeness (QED) is 0.719. The van der Waals surface area contributed by atoms with Crippen LogP contribution in [0, 0.1) is 6.92 Å². The van der Waals surface area contributed by atoms with Gasteiger partial charge in [-0.2, -0.15) is 8.78 Å². The maximum absolute atomic E-state index is 13.2. The molecular weight excluding hydrogens is 379 g/mol.